The third kappa shape index (κ3) is 4.85. The van der Waals surface area contributed by atoms with E-state index < -0.39 is 0 Å². The minimum absolute atomic E-state index is 0.0211. The van der Waals surface area contributed by atoms with Gasteiger partial charge in [-0.25, -0.2) is 4.68 Å². The second kappa shape index (κ2) is 10.7. The summed E-state index contributed by atoms with van der Waals surface area (Å²) in [5.41, 5.74) is 2.71. The molecule has 0 saturated carbocycles. The number of hydrogen-bond acceptors (Lipinski definition) is 6. The Hall–Kier alpha value is -4.04. The Labute approximate surface area is 210 Å². The molecule has 5 rings (SSSR count). The number of methoxy groups -OCH3 is 2. The van der Waals surface area contributed by atoms with E-state index in [0.29, 0.717) is 29.3 Å². The summed E-state index contributed by atoms with van der Waals surface area (Å²) in [7, 11) is 3.19. The Morgan fingerprint density at radius 2 is 1.81 bits per heavy atom. The van der Waals surface area contributed by atoms with E-state index in [9.17, 15) is 4.79 Å². The quantitative estimate of drug-likeness (QED) is 0.369. The molecule has 1 aliphatic rings. The van der Waals surface area contributed by atoms with Gasteiger partial charge in [0, 0.05) is 18.3 Å². The van der Waals surface area contributed by atoms with Crippen LogP contribution in [0, 0.1) is 0 Å². The molecule has 8 heteroatoms. The third-order valence-electron chi connectivity index (χ3n) is 6.55. The van der Waals surface area contributed by atoms with Gasteiger partial charge in [-0.3, -0.25) is 9.69 Å². The zero-order valence-electron chi connectivity index (χ0n) is 20.5. The van der Waals surface area contributed by atoms with Crippen molar-refractivity contribution in [3.63, 3.8) is 0 Å². The van der Waals surface area contributed by atoms with Gasteiger partial charge in [-0.2, -0.15) is 5.10 Å². The van der Waals surface area contributed by atoms with Crippen LogP contribution in [0.2, 0.25) is 0 Å². The number of carbonyl (C=O) groups is 1. The zero-order chi connectivity index (χ0) is 24.9. The smallest absolute Gasteiger partial charge is 0.272 e. The number of amides is 1. The Kier molecular flexibility index (Phi) is 7.04. The Morgan fingerprint density at radius 1 is 1.03 bits per heavy atom. The van der Waals surface area contributed by atoms with Crippen LogP contribution in [0.3, 0.4) is 0 Å². The minimum Gasteiger partial charge on any atom is -0.493 e. The van der Waals surface area contributed by atoms with E-state index in [-0.39, 0.29) is 11.9 Å². The molecule has 3 heterocycles. The van der Waals surface area contributed by atoms with Gasteiger partial charge in [0.25, 0.3) is 5.91 Å². The number of benzene rings is 2. The predicted molar refractivity (Wildman–Crippen MR) is 137 cm³/mol. The first kappa shape index (κ1) is 23.7. The normalized spacial score (nSPS) is 14.5. The molecule has 8 nitrogen and oxygen atoms in total. The second-order valence-electron chi connectivity index (χ2n) is 8.73. The van der Waals surface area contributed by atoms with E-state index in [1.165, 1.54) is 0 Å². The number of likely N-dealkylation sites (tertiary alicyclic amines) is 1. The molecule has 186 valence electrons. The summed E-state index contributed by atoms with van der Waals surface area (Å²) >= 11 is 0. The standard InChI is InChI=1S/C28H30N4O4/c1-34-25-13-12-20(17-26(25)35-2)22-19-32(21-9-4-3-5-10-21)30-27(22)28(33)29-18-23(24-11-8-16-36-24)31-14-6-7-15-31/h3-5,8-13,16-17,19,23H,6-7,14-15,18H2,1-2H3,(H,29,33). The lowest BCUT2D eigenvalue weighted by atomic mass is 10.1. The van der Waals surface area contributed by atoms with Gasteiger partial charge in [0.15, 0.2) is 17.2 Å². The summed E-state index contributed by atoms with van der Waals surface area (Å²) in [6.45, 7) is 2.40. The highest BCUT2D eigenvalue weighted by molar-refractivity contribution is 5.99. The van der Waals surface area contributed by atoms with Crippen molar-refractivity contribution in [3.05, 3.63) is 84.6 Å². The van der Waals surface area contributed by atoms with Gasteiger partial charge < -0.3 is 19.2 Å². The fourth-order valence-corrected chi connectivity index (χ4v) is 4.69. The number of para-hydroxylation sites is 1. The van der Waals surface area contributed by atoms with E-state index in [4.69, 9.17) is 13.9 Å². The molecule has 36 heavy (non-hydrogen) atoms. The molecular weight excluding hydrogens is 456 g/mol. The van der Waals surface area contributed by atoms with Gasteiger partial charge in [0.1, 0.15) is 5.76 Å². The van der Waals surface area contributed by atoms with Gasteiger partial charge in [-0.05, 0) is 67.9 Å². The van der Waals surface area contributed by atoms with Crippen LogP contribution in [0.15, 0.2) is 77.5 Å². The molecule has 1 atom stereocenters. The monoisotopic (exact) mass is 486 g/mol. The number of nitrogens with zero attached hydrogens (tertiary/aromatic N) is 3. The molecule has 0 aliphatic carbocycles. The largest absolute Gasteiger partial charge is 0.493 e. The molecule has 4 aromatic rings. The fourth-order valence-electron chi connectivity index (χ4n) is 4.69. The first-order valence-electron chi connectivity index (χ1n) is 12.1. The SMILES string of the molecule is COc1ccc(-c2cn(-c3ccccc3)nc2C(=O)NCC(c2ccco2)N2CCCC2)cc1OC. The lowest BCUT2D eigenvalue weighted by molar-refractivity contribution is 0.0929. The van der Waals surface area contributed by atoms with E-state index in [0.717, 1.165) is 42.9 Å². The summed E-state index contributed by atoms with van der Waals surface area (Å²) in [6.07, 6.45) is 5.85. The van der Waals surface area contributed by atoms with Crippen LogP contribution in [-0.2, 0) is 0 Å². The maximum absolute atomic E-state index is 13.6. The number of nitrogens with one attached hydrogen (secondary N) is 1. The molecule has 2 aromatic heterocycles. The van der Waals surface area contributed by atoms with Crippen molar-refractivity contribution in [1.29, 1.82) is 0 Å². The van der Waals surface area contributed by atoms with Gasteiger partial charge >= 0.3 is 0 Å². The van der Waals surface area contributed by atoms with Gasteiger partial charge in [-0.1, -0.05) is 24.3 Å². The number of rotatable bonds is 9. The molecule has 1 fully saturated rings. The molecule has 1 aliphatic heterocycles. The summed E-state index contributed by atoms with van der Waals surface area (Å²) in [5, 5.41) is 7.81. The fraction of sp³-hybridized carbons (Fsp3) is 0.286. The minimum atomic E-state index is -0.245. The van der Waals surface area contributed by atoms with Crippen molar-refractivity contribution in [2.45, 2.75) is 18.9 Å². The van der Waals surface area contributed by atoms with Crippen LogP contribution in [0.25, 0.3) is 16.8 Å². The lowest BCUT2D eigenvalue weighted by Gasteiger charge is -2.25. The van der Waals surface area contributed by atoms with E-state index in [1.807, 2.05) is 66.9 Å². The highest BCUT2D eigenvalue weighted by atomic mass is 16.5. The maximum Gasteiger partial charge on any atom is 0.272 e. The number of aromatic nitrogens is 2. The van der Waals surface area contributed by atoms with E-state index in [2.05, 4.69) is 15.3 Å². The molecule has 0 bridgehead atoms. The van der Waals surface area contributed by atoms with E-state index >= 15 is 0 Å². The molecule has 1 saturated heterocycles. The Bertz CT molecular complexity index is 1290. The van der Waals surface area contributed by atoms with E-state index in [1.54, 1.807) is 25.2 Å². The van der Waals surface area contributed by atoms with Crippen LogP contribution in [0.5, 0.6) is 11.5 Å². The summed E-state index contributed by atoms with van der Waals surface area (Å²) in [4.78, 5) is 15.9. The Balaban J connectivity index is 1.47. The average molecular weight is 487 g/mol. The van der Waals surface area contributed by atoms with Crippen LogP contribution in [-0.4, -0.2) is 54.4 Å². The first-order chi connectivity index (χ1) is 17.7. The number of hydrogen-bond donors (Lipinski definition) is 1. The van der Waals surface area contributed by atoms with Crippen molar-refractivity contribution in [3.8, 4) is 28.3 Å². The topological polar surface area (TPSA) is 81.8 Å². The molecule has 1 N–H and O–H groups in total. The second-order valence-corrected chi connectivity index (χ2v) is 8.73. The summed E-state index contributed by atoms with van der Waals surface area (Å²) < 4.78 is 18.3. The van der Waals surface area contributed by atoms with Crippen LogP contribution in [0.1, 0.15) is 35.1 Å². The number of carbonyl (C=O) groups excluding carboxylic acids is 1. The summed E-state index contributed by atoms with van der Waals surface area (Å²) in [6, 6.07) is 19.2. The maximum atomic E-state index is 13.6. The summed E-state index contributed by atoms with van der Waals surface area (Å²) in [5.74, 6) is 1.81. The zero-order valence-corrected chi connectivity index (χ0v) is 20.5. The van der Waals surface area contributed by atoms with Crippen molar-refractivity contribution >= 4 is 5.91 Å². The number of ether oxygens (including phenoxy) is 2. The van der Waals surface area contributed by atoms with Crippen molar-refractivity contribution in [2.24, 2.45) is 0 Å². The predicted octanol–water partition coefficient (Wildman–Crippen LogP) is 4.72. The van der Waals surface area contributed by atoms with Gasteiger partial charge in [0.05, 0.1) is 32.2 Å². The molecule has 1 amide bonds. The first-order valence-corrected chi connectivity index (χ1v) is 12.1. The molecule has 2 aromatic carbocycles. The lowest BCUT2D eigenvalue weighted by Crippen LogP contribution is -2.37. The highest BCUT2D eigenvalue weighted by Crippen LogP contribution is 2.34. The molecule has 0 spiro atoms. The van der Waals surface area contributed by atoms with Gasteiger partial charge in [0.2, 0.25) is 0 Å². The van der Waals surface area contributed by atoms with Crippen LogP contribution in [0.4, 0.5) is 0 Å². The van der Waals surface area contributed by atoms with Gasteiger partial charge in [-0.15, -0.1) is 0 Å². The van der Waals surface area contributed by atoms with Crippen LogP contribution < -0.4 is 14.8 Å². The van der Waals surface area contributed by atoms with Crippen molar-refractivity contribution < 1.29 is 18.7 Å². The molecular formula is C28H30N4O4. The average Bonchev–Trinajstić information content (AvgIpc) is 3.71. The third-order valence-corrected chi connectivity index (χ3v) is 6.55. The van der Waals surface area contributed by atoms with Crippen LogP contribution >= 0.6 is 0 Å². The molecule has 1 unspecified atom stereocenters. The van der Waals surface area contributed by atoms with Crippen molar-refractivity contribution in [1.82, 2.24) is 20.0 Å². The highest BCUT2D eigenvalue weighted by Gasteiger charge is 2.27. The Morgan fingerprint density at radius 3 is 2.50 bits per heavy atom. The van der Waals surface area contributed by atoms with Crippen molar-refractivity contribution in [2.75, 3.05) is 33.9 Å². The molecule has 0 radical (unpaired) electrons. The number of furan rings is 1.